The van der Waals surface area contributed by atoms with Gasteiger partial charge in [0, 0.05) is 0 Å². The SMILES string of the molecule is COc1c(S(N)(=O)=O)ccc(C2(F)CCNCC2)c1[N+](=O)[O-]. The lowest BCUT2D eigenvalue weighted by molar-refractivity contribution is -0.387. The van der Waals surface area contributed by atoms with Gasteiger partial charge in [-0.3, -0.25) is 10.1 Å². The van der Waals surface area contributed by atoms with Crippen molar-refractivity contribution in [1.29, 1.82) is 0 Å². The summed E-state index contributed by atoms with van der Waals surface area (Å²) < 4.78 is 43.0. The molecule has 1 aromatic rings. The van der Waals surface area contributed by atoms with Gasteiger partial charge in [0.2, 0.25) is 15.8 Å². The molecule has 2 rings (SSSR count). The van der Waals surface area contributed by atoms with E-state index in [0.717, 1.165) is 19.2 Å². The van der Waals surface area contributed by atoms with Crippen molar-refractivity contribution < 1.29 is 22.5 Å². The number of nitrogens with two attached hydrogens (primary N) is 1. The largest absolute Gasteiger partial charge is 0.489 e. The van der Waals surface area contributed by atoms with Crippen molar-refractivity contribution in [2.24, 2.45) is 5.14 Å². The van der Waals surface area contributed by atoms with Gasteiger partial charge in [-0.05, 0) is 38.1 Å². The Bertz CT molecular complexity index is 701. The predicted molar refractivity (Wildman–Crippen MR) is 75.9 cm³/mol. The fraction of sp³-hybridized carbons (Fsp3) is 0.500. The fourth-order valence-corrected chi connectivity index (χ4v) is 3.31. The molecule has 0 spiro atoms. The summed E-state index contributed by atoms with van der Waals surface area (Å²) in [5, 5.41) is 19.4. The quantitative estimate of drug-likeness (QED) is 0.620. The molecule has 1 aliphatic rings. The first-order valence-electron chi connectivity index (χ1n) is 6.49. The van der Waals surface area contributed by atoms with Gasteiger partial charge in [0.15, 0.2) is 0 Å². The van der Waals surface area contributed by atoms with Crippen LogP contribution in [0.5, 0.6) is 5.75 Å². The van der Waals surface area contributed by atoms with Crippen molar-refractivity contribution in [3.05, 3.63) is 27.8 Å². The maximum Gasteiger partial charge on any atom is 0.318 e. The van der Waals surface area contributed by atoms with Gasteiger partial charge in [-0.1, -0.05) is 0 Å². The summed E-state index contributed by atoms with van der Waals surface area (Å²) in [6.45, 7) is 0.736. The van der Waals surface area contributed by atoms with Gasteiger partial charge in [-0.15, -0.1) is 0 Å². The second-order valence-electron chi connectivity index (χ2n) is 5.01. The molecule has 0 radical (unpaired) electrons. The van der Waals surface area contributed by atoms with Gasteiger partial charge in [0.05, 0.1) is 17.6 Å². The molecule has 22 heavy (non-hydrogen) atoms. The zero-order valence-electron chi connectivity index (χ0n) is 11.8. The minimum atomic E-state index is -4.23. The van der Waals surface area contributed by atoms with E-state index in [-0.39, 0.29) is 18.4 Å². The normalized spacial score (nSPS) is 18.0. The Kier molecular flexibility index (Phi) is 4.36. The Morgan fingerprint density at radius 3 is 2.45 bits per heavy atom. The number of nitro groups is 1. The van der Waals surface area contributed by atoms with E-state index in [0.29, 0.717) is 13.1 Å². The Morgan fingerprint density at radius 2 is 2.00 bits per heavy atom. The Balaban J connectivity index is 2.73. The van der Waals surface area contributed by atoms with Crippen LogP contribution in [-0.2, 0) is 15.7 Å². The summed E-state index contributed by atoms with van der Waals surface area (Å²) in [6, 6.07) is 2.14. The zero-order valence-corrected chi connectivity index (χ0v) is 12.7. The Hall–Kier alpha value is -1.78. The van der Waals surface area contributed by atoms with Crippen LogP contribution in [0.1, 0.15) is 18.4 Å². The number of benzene rings is 1. The first kappa shape index (κ1) is 16.6. The van der Waals surface area contributed by atoms with Gasteiger partial charge >= 0.3 is 5.69 Å². The lowest BCUT2D eigenvalue weighted by Gasteiger charge is -2.30. The van der Waals surface area contributed by atoms with Gasteiger partial charge in [-0.25, -0.2) is 17.9 Å². The van der Waals surface area contributed by atoms with Crippen molar-refractivity contribution in [3.8, 4) is 5.75 Å². The summed E-state index contributed by atoms with van der Waals surface area (Å²) in [6.07, 6.45) is 0.0947. The van der Waals surface area contributed by atoms with E-state index in [1.165, 1.54) is 0 Å². The number of primary sulfonamides is 1. The van der Waals surface area contributed by atoms with Gasteiger partial charge in [0.1, 0.15) is 10.6 Å². The summed E-state index contributed by atoms with van der Waals surface area (Å²) in [7, 11) is -3.16. The van der Waals surface area contributed by atoms with E-state index < -0.39 is 36.9 Å². The average molecular weight is 333 g/mol. The number of nitrogens with one attached hydrogen (secondary N) is 1. The minimum Gasteiger partial charge on any atom is -0.489 e. The number of methoxy groups -OCH3 is 1. The molecule has 0 atom stereocenters. The number of piperidine rings is 1. The Morgan fingerprint density at radius 1 is 1.41 bits per heavy atom. The molecular formula is C12H16FN3O5S. The van der Waals surface area contributed by atoms with Crippen LogP contribution in [-0.4, -0.2) is 33.5 Å². The predicted octanol–water partition coefficient (Wildman–Crippen LogP) is 0.799. The third-order valence-electron chi connectivity index (χ3n) is 3.67. The number of hydrogen-bond acceptors (Lipinski definition) is 6. The molecule has 0 aromatic heterocycles. The average Bonchev–Trinajstić information content (AvgIpc) is 2.45. The van der Waals surface area contributed by atoms with E-state index in [1.807, 2.05) is 0 Å². The van der Waals surface area contributed by atoms with Gasteiger partial charge < -0.3 is 10.1 Å². The van der Waals surface area contributed by atoms with Crippen LogP contribution >= 0.6 is 0 Å². The summed E-state index contributed by atoms with van der Waals surface area (Å²) >= 11 is 0. The molecule has 8 nitrogen and oxygen atoms in total. The second-order valence-corrected chi connectivity index (χ2v) is 6.54. The third kappa shape index (κ3) is 2.89. The maximum atomic E-state index is 15.1. The van der Waals surface area contributed by atoms with Crippen molar-refractivity contribution in [1.82, 2.24) is 5.32 Å². The first-order chi connectivity index (χ1) is 10.2. The molecule has 3 N–H and O–H groups in total. The van der Waals surface area contributed by atoms with E-state index in [1.54, 1.807) is 0 Å². The molecule has 0 aliphatic carbocycles. The van der Waals surface area contributed by atoms with Crippen molar-refractivity contribution >= 4 is 15.7 Å². The van der Waals surface area contributed by atoms with E-state index >= 15 is 4.39 Å². The molecule has 1 aliphatic heterocycles. The number of nitro benzene ring substituents is 1. The van der Waals surface area contributed by atoms with Crippen LogP contribution in [0.25, 0.3) is 0 Å². The minimum absolute atomic E-state index is 0.0473. The smallest absolute Gasteiger partial charge is 0.318 e. The molecule has 0 saturated carbocycles. The molecule has 1 aromatic carbocycles. The number of hydrogen-bond donors (Lipinski definition) is 2. The number of rotatable bonds is 4. The highest BCUT2D eigenvalue weighted by Gasteiger charge is 2.42. The van der Waals surface area contributed by atoms with Gasteiger partial charge in [-0.2, -0.15) is 0 Å². The standard InChI is InChI=1S/C12H16FN3O5S/c1-21-11-9(22(14,19)20)3-2-8(10(11)16(17)18)12(13)4-6-15-7-5-12/h2-3,15H,4-7H2,1H3,(H2,14,19,20). The van der Waals surface area contributed by atoms with E-state index in [9.17, 15) is 18.5 Å². The number of ether oxygens (including phenoxy) is 1. The molecule has 0 bridgehead atoms. The van der Waals surface area contributed by atoms with Crippen LogP contribution in [0, 0.1) is 10.1 Å². The van der Waals surface area contributed by atoms with Crippen LogP contribution in [0.3, 0.4) is 0 Å². The number of alkyl halides is 1. The number of halogens is 1. The molecule has 1 saturated heterocycles. The van der Waals surface area contributed by atoms with Gasteiger partial charge in [0.25, 0.3) is 0 Å². The summed E-state index contributed by atoms with van der Waals surface area (Å²) in [5.74, 6) is -0.541. The summed E-state index contributed by atoms with van der Waals surface area (Å²) in [4.78, 5) is 9.99. The van der Waals surface area contributed by atoms with Crippen molar-refractivity contribution in [3.63, 3.8) is 0 Å². The number of sulfonamides is 1. The number of nitrogens with zero attached hydrogens (tertiary/aromatic N) is 1. The topological polar surface area (TPSA) is 125 Å². The highest BCUT2D eigenvalue weighted by Crippen LogP contribution is 2.46. The third-order valence-corrected chi connectivity index (χ3v) is 4.60. The molecule has 0 amide bonds. The molecular weight excluding hydrogens is 317 g/mol. The lowest BCUT2D eigenvalue weighted by atomic mass is 9.85. The highest BCUT2D eigenvalue weighted by molar-refractivity contribution is 7.89. The molecule has 122 valence electrons. The highest BCUT2D eigenvalue weighted by atomic mass is 32.2. The molecule has 10 heteroatoms. The molecule has 1 fully saturated rings. The van der Waals surface area contributed by atoms with Crippen molar-refractivity contribution in [2.75, 3.05) is 20.2 Å². The molecule has 0 unspecified atom stereocenters. The van der Waals surface area contributed by atoms with E-state index in [4.69, 9.17) is 9.88 Å². The monoisotopic (exact) mass is 333 g/mol. The molecule has 1 heterocycles. The van der Waals surface area contributed by atoms with Crippen LogP contribution in [0.15, 0.2) is 17.0 Å². The van der Waals surface area contributed by atoms with Crippen molar-refractivity contribution in [2.45, 2.75) is 23.4 Å². The maximum absolute atomic E-state index is 15.1. The van der Waals surface area contributed by atoms with Crippen LogP contribution in [0.2, 0.25) is 0 Å². The zero-order chi connectivity index (χ0) is 16.5. The first-order valence-corrected chi connectivity index (χ1v) is 8.03. The van der Waals surface area contributed by atoms with E-state index in [2.05, 4.69) is 5.32 Å². The van der Waals surface area contributed by atoms with Crippen LogP contribution < -0.4 is 15.2 Å². The fourth-order valence-electron chi connectivity index (χ4n) is 2.61. The summed E-state index contributed by atoms with van der Waals surface area (Å²) in [5.41, 5.74) is -2.81. The second kappa shape index (κ2) is 5.78. The lowest BCUT2D eigenvalue weighted by Crippen LogP contribution is -2.37. The Labute approximate surface area is 126 Å². The van der Waals surface area contributed by atoms with Crippen LogP contribution in [0.4, 0.5) is 10.1 Å².